The second-order valence-electron chi connectivity index (χ2n) is 5.59. The molecule has 0 fully saturated rings. The first kappa shape index (κ1) is 16.5. The Hall–Kier alpha value is -3.34. The lowest BCUT2D eigenvalue weighted by atomic mass is 10.2. The van der Waals surface area contributed by atoms with Crippen LogP contribution in [0.1, 0.15) is 11.3 Å². The summed E-state index contributed by atoms with van der Waals surface area (Å²) in [6, 6.07) is 17.7. The van der Waals surface area contributed by atoms with Crippen molar-refractivity contribution in [3.8, 4) is 11.5 Å². The van der Waals surface area contributed by atoms with Crippen molar-refractivity contribution in [1.82, 2.24) is 4.57 Å². The Morgan fingerprint density at radius 2 is 1.84 bits per heavy atom. The molecular formula is C20H18N2O3. The molecule has 0 unspecified atom stereocenters. The van der Waals surface area contributed by atoms with Crippen molar-refractivity contribution in [3.05, 3.63) is 88.3 Å². The van der Waals surface area contributed by atoms with Crippen molar-refractivity contribution < 1.29 is 9.84 Å². The fourth-order valence-corrected chi connectivity index (χ4v) is 2.27. The van der Waals surface area contributed by atoms with Crippen LogP contribution in [0.4, 0.5) is 5.69 Å². The smallest absolute Gasteiger partial charge is 0.224 e. The van der Waals surface area contributed by atoms with Crippen LogP contribution in [-0.2, 0) is 13.7 Å². The van der Waals surface area contributed by atoms with E-state index in [1.807, 2.05) is 37.4 Å². The van der Waals surface area contributed by atoms with Crippen LogP contribution in [0.25, 0.3) is 0 Å². The zero-order valence-electron chi connectivity index (χ0n) is 13.8. The van der Waals surface area contributed by atoms with Crippen LogP contribution < -0.4 is 10.2 Å². The molecule has 2 aromatic carbocycles. The monoisotopic (exact) mass is 334 g/mol. The van der Waals surface area contributed by atoms with E-state index >= 15 is 0 Å². The highest BCUT2D eigenvalue weighted by Gasteiger charge is 2.05. The largest absolute Gasteiger partial charge is 0.508 e. The number of aryl methyl sites for hydroxylation is 1. The molecule has 3 rings (SSSR count). The Bertz CT molecular complexity index is 929. The summed E-state index contributed by atoms with van der Waals surface area (Å²) in [5.74, 6) is 0.486. The second-order valence-corrected chi connectivity index (χ2v) is 5.59. The molecule has 126 valence electrons. The molecule has 0 saturated carbocycles. The summed E-state index contributed by atoms with van der Waals surface area (Å²) in [5.41, 5.74) is 2.16. The maximum Gasteiger partial charge on any atom is 0.224 e. The average molecular weight is 334 g/mol. The van der Waals surface area contributed by atoms with Crippen molar-refractivity contribution in [2.24, 2.45) is 12.0 Å². The van der Waals surface area contributed by atoms with Gasteiger partial charge in [0.25, 0.3) is 0 Å². The summed E-state index contributed by atoms with van der Waals surface area (Å²) < 4.78 is 7.41. The average Bonchev–Trinajstić information content (AvgIpc) is 2.63. The van der Waals surface area contributed by atoms with E-state index in [4.69, 9.17) is 4.74 Å². The number of hydrogen-bond acceptors (Lipinski definition) is 4. The SMILES string of the molecule is Cn1cc(OCc2ccccc2)c(=O)cc1C=Nc1ccc(O)cc1. The molecule has 5 heteroatoms. The highest BCUT2D eigenvalue weighted by molar-refractivity contribution is 5.80. The lowest BCUT2D eigenvalue weighted by Crippen LogP contribution is -2.13. The van der Waals surface area contributed by atoms with Crippen molar-refractivity contribution in [2.45, 2.75) is 6.61 Å². The second kappa shape index (κ2) is 7.49. The minimum Gasteiger partial charge on any atom is -0.508 e. The Balaban J connectivity index is 1.75. The highest BCUT2D eigenvalue weighted by atomic mass is 16.5. The molecule has 0 saturated heterocycles. The maximum atomic E-state index is 12.2. The van der Waals surface area contributed by atoms with E-state index < -0.39 is 0 Å². The van der Waals surface area contributed by atoms with Gasteiger partial charge in [-0.15, -0.1) is 0 Å². The van der Waals surface area contributed by atoms with Crippen LogP contribution in [-0.4, -0.2) is 15.9 Å². The first-order chi connectivity index (χ1) is 12.1. The molecule has 0 aliphatic carbocycles. The quantitative estimate of drug-likeness (QED) is 0.727. The van der Waals surface area contributed by atoms with E-state index in [9.17, 15) is 9.90 Å². The molecule has 0 amide bonds. The lowest BCUT2D eigenvalue weighted by molar-refractivity contribution is 0.300. The standard InChI is InChI=1S/C20H18N2O3/c1-22-13-20(25-14-15-5-3-2-4-6-15)19(24)11-17(22)12-21-16-7-9-18(23)10-8-16/h2-13,23H,14H2,1H3. The number of phenols is 1. The van der Waals surface area contributed by atoms with Gasteiger partial charge in [0.2, 0.25) is 5.43 Å². The molecule has 0 bridgehead atoms. The van der Waals surface area contributed by atoms with E-state index in [2.05, 4.69) is 4.99 Å². The number of phenolic OH excluding ortho intramolecular Hbond substituents is 1. The highest BCUT2D eigenvalue weighted by Crippen LogP contribution is 2.16. The van der Waals surface area contributed by atoms with Gasteiger partial charge in [0.05, 0.1) is 23.8 Å². The molecule has 1 heterocycles. The predicted octanol–water partition coefficient (Wildman–Crippen LogP) is 3.42. The van der Waals surface area contributed by atoms with Crippen LogP contribution in [0, 0.1) is 0 Å². The van der Waals surface area contributed by atoms with E-state index in [1.54, 1.807) is 41.2 Å². The number of ether oxygens (including phenoxy) is 1. The van der Waals surface area contributed by atoms with Crippen LogP contribution in [0.15, 0.2) is 76.6 Å². The van der Waals surface area contributed by atoms with Gasteiger partial charge in [-0.05, 0) is 29.8 Å². The van der Waals surface area contributed by atoms with Gasteiger partial charge in [-0.1, -0.05) is 30.3 Å². The van der Waals surface area contributed by atoms with Crippen LogP contribution in [0.5, 0.6) is 11.5 Å². The third-order valence-corrected chi connectivity index (χ3v) is 3.67. The molecule has 0 aliphatic rings. The summed E-state index contributed by atoms with van der Waals surface area (Å²) in [4.78, 5) is 16.5. The van der Waals surface area contributed by atoms with Crippen molar-refractivity contribution in [3.63, 3.8) is 0 Å². The van der Waals surface area contributed by atoms with Crippen LogP contribution >= 0.6 is 0 Å². The molecule has 0 radical (unpaired) electrons. The summed E-state index contributed by atoms with van der Waals surface area (Å²) in [5, 5.41) is 9.27. The van der Waals surface area contributed by atoms with E-state index in [1.165, 1.54) is 6.07 Å². The molecule has 0 spiro atoms. The molecule has 25 heavy (non-hydrogen) atoms. The Labute approximate surface area is 145 Å². The van der Waals surface area contributed by atoms with Gasteiger partial charge in [0, 0.05) is 13.1 Å². The Kier molecular flexibility index (Phi) is 4.95. The molecule has 5 nitrogen and oxygen atoms in total. The predicted molar refractivity (Wildman–Crippen MR) is 97.8 cm³/mol. The number of aliphatic imine (C=N–C) groups is 1. The molecule has 0 atom stereocenters. The van der Waals surface area contributed by atoms with Gasteiger partial charge in [0.1, 0.15) is 12.4 Å². The fourth-order valence-electron chi connectivity index (χ4n) is 2.27. The molecular weight excluding hydrogens is 316 g/mol. The summed E-state index contributed by atoms with van der Waals surface area (Å²) >= 11 is 0. The first-order valence-corrected chi connectivity index (χ1v) is 7.82. The number of rotatable bonds is 5. The number of hydrogen-bond donors (Lipinski definition) is 1. The van der Waals surface area contributed by atoms with Crippen molar-refractivity contribution in [2.75, 3.05) is 0 Å². The third kappa shape index (κ3) is 4.35. The van der Waals surface area contributed by atoms with Crippen molar-refractivity contribution in [1.29, 1.82) is 0 Å². The third-order valence-electron chi connectivity index (χ3n) is 3.67. The van der Waals surface area contributed by atoms with Gasteiger partial charge in [0.15, 0.2) is 5.75 Å². The van der Waals surface area contributed by atoms with Gasteiger partial charge in [-0.25, -0.2) is 0 Å². The Morgan fingerprint density at radius 3 is 2.56 bits per heavy atom. The molecule has 1 N–H and O–H groups in total. The summed E-state index contributed by atoms with van der Waals surface area (Å²) in [6.45, 7) is 0.344. The van der Waals surface area contributed by atoms with Gasteiger partial charge >= 0.3 is 0 Å². The van der Waals surface area contributed by atoms with Crippen LogP contribution in [0.2, 0.25) is 0 Å². The van der Waals surface area contributed by atoms with E-state index in [0.29, 0.717) is 23.7 Å². The van der Waals surface area contributed by atoms with Gasteiger partial charge in [-0.2, -0.15) is 0 Å². The molecule has 1 aromatic heterocycles. The zero-order chi connectivity index (χ0) is 17.6. The van der Waals surface area contributed by atoms with E-state index in [-0.39, 0.29) is 11.2 Å². The number of aromatic hydroxyl groups is 1. The van der Waals surface area contributed by atoms with Crippen molar-refractivity contribution >= 4 is 11.9 Å². The number of pyridine rings is 1. The first-order valence-electron chi connectivity index (χ1n) is 7.82. The minimum absolute atomic E-state index is 0.186. The maximum absolute atomic E-state index is 12.2. The van der Waals surface area contributed by atoms with Gasteiger partial charge < -0.3 is 14.4 Å². The lowest BCUT2D eigenvalue weighted by Gasteiger charge is -2.09. The Morgan fingerprint density at radius 1 is 1.12 bits per heavy atom. The summed E-state index contributed by atoms with van der Waals surface area (Å²) in [7, 11) is 1.83. The van der Waals surface area contributed by atoms with Gasteiger partial charge in [-0.3, -0.25) is 9.79 Å². The normalized spacial score (nSPS) is 10.9. The fraction of sp³-hybridized carbons (Fsp3) is 0.100. The number of nitrogens with zero attached hydrogens (tertiary/aromatic N) is 2. The summed E-state index contributed by atoms with van der Waals surface area (Å²) in [6.07, 6.45) is 3.26. The van der Waals surface area contributed by atoms with Crippen LogP contribution in [0.3, 0.4) is 0 Å². The molecule has 3 aromatic rings. The zero-order valence-corrected chi connectivity index (χ0v) is 13.8. The topological polar surface area (TPSA) is 63.8 Å². The number of benzene rings is 2. The van der Waals surface area contributed by atoms with E-state index in [0.717, 1.165) is 5.56 Å². The number of aromatic nitrogens is 1. The molecule has 0 aliphatic heterocycles. The minimum atomic E-state index is -0.193.